The smallest absolute Gasteiger partial charge is 0.244 e. The lowest BCUT2D eigenvalue weighted by Crippen LogP contribution is -2.60. The molecule has 3 N–H and O–H groups in total. The molecule has 3 aliphatic heterocycles. The number of rotatable bonds is 10. The molecule has 1 aromatic rings. The number of aliphatic hydroxyl groups excluding tert-OH is 1. The second-order valence-corrected chi connectivity index (χ2v) is 14.8. The van der Waals surface area contributed by atoms with Gasteiger partial charge in [0.05, 0.1) is 29.2 Å². The number of benzene rings is 1. The highest BCUT2D eigenvalue weighted by Crippen LogP contribution is 2.66. The molecule has 0 aromatic heterocycles. The average Bonchev–Trinajstić information content (AvgIpc) is 3.47. The largest absolute Gasteiger partial charge is 0.394 e. The number of hydrogen-bond acceptors (Lipinski definition) is 5. The molecule has 0 saturated carbocycles. The van der Waals surface area contributed by atoms with Gasteiger partial charge in [-0.3, -0.25) is 14.4 Å². The van der Waals surface area contributed by atoms with Gasteiger partial charge < -0.3 is 20.6 Å². The third kappa shape index (κ3) is 5.48. The Morgan fingerprint density at radius 2 is 1.84 bits per heavy atom. The molecule has 3 amide bonds. The molecule has 0 radical (unpaired) electrons. The van der Waals surface area contributed by atoms with Crippen molar-refractivity contribution in [3.8, 4) is 0 Å². The normalized spacial score (nSPS) is 29.3. The molecule has 7 nitrogen and oxygen atoms in total. The van der Waals surface area contributed by atoms with Crippen molar-refractivity contribution in [1.29, 1.82) is 0 Å². The van der Waals surface area contributed by atoms with E-state index in [2.05, 4.69) is 31.4 Å². The Hall–Kier alpha value is -2.06. The zero-order chi connectivity index (χ0) is 27.9. The van der Waals surface area contributed by atoms with E-state index in [-0.39, 0.29) is 35.0 Å². The Morgan fingerprint density at radius 1 is 1.16 bits per heavy atom. The maximum atomic E-state index is 14.3. The summed E-state index contributed by atoms with van der Waals surface area (Å²) in [6.45, 7) is 12.8. The first-order chi connectivity index (χ1) is 17.8. The first-order valence-corrected chi connectivity index (χ1v) is 15.0. The van der Waals surface area contributed by atoms with Crippen LogP contribution in [0.25, 0.3) is 0 Å². The van der Waals surface area contributed by atoms with E-state index in [9.17, 15) is 19.5 Å². The van der Waals surface area contributed by atoms with Crippen molar-refractivity contribution in [2.24, 2.45) is 17.3 Å². The molecule has 210 valence electrons. The molecular formula is C30H45N3O4S. The van der Waals surface area contributed by atoms with Gasteiger partial charge >= 0.3 is 0 Å². The predicted molar refractivity (Wildman–Crippen MR) is 152 cm³/mol. The number of amides is 3. The summed E-state index contributed by atoms with van der Waals surface area (Å²) in [7, 11) is 0. The number of carbonyl (C=O) groups is 3. The van der Waals surface area contributed by atoms with Gasteiger partial charge in [-0.1, -0.05) is 58.0 Å². The van der Waals surface area contributed by atoms with E-state index in [4.69, 9.17) is 0 Å². The number of likely N-dealkylation sites (tertiary alicyclic amines) is 1. The van der Waals surface area contributed by atoms with Crippen molar-refractivity contribution >= 4 is 29.5 Å². The van der Waals surface area contributed by atoms with Crippen molar-refractivity contribution in [2.75, 3.05) is 13.2 Å². The van der Waals surface area contributed by atoms with Crippen LogP contribution in [0.4, 0.5) is 0 Å². The number of thioether (sulfide) groups is 1. The van der Waals surface area contributed by atoms with Gasteiger partial charge in [0.25, 0.3) is 0 Å². The highest BCUT2D eigenvalue weighted by Gasteiger charge is 2.74. The quantitative estimate of drug-likeness (QED) is 0.419. The molecule has 3 fully saturated rings. The fraction of sp³-hybridized carbons (Fsp3) is 0.700. The minimum Gasteiger partial charge on any atom is -0.394 e. The van der Waals surface area contributed by atoms with E-state index in [1.165, 1.54) is 0 Å². The molecule has 6 atom stereocenters. The molecule has 8 heteroatoms. The maximum Gasteiger partial charge on any atom is 0.244 e. The highest BCUT2D eigenvalue weighted by molar-refractivity contribution is 8.02. The molecule has 3 aliphatic rings. The van der Waals surface area contributed by atoms with Gasteiger partial charge in [-0.25, -0.2) is 0 Å². The summed E-state index contributed by atoms with van der Waals surface area (Å²) in [5.41, 5.74) is 0.522. The van der Waals surface area contributed by atoms with E-state index in [0.717, 1.165) is 24.8 Å². The first kappa shape index (κ1) is 28.9. The van der Waals surface area contributed by atoms with Gasteiger partial charge in [-0.15, -0.1) is 11.8 Å². The second kappa shape index (κ2) is 10.8. The number of hydrogen-bond donors (Lipinski definition) is 3. The SMILES string of the molecule is CCCNC(=O)[C@@H]1[C@@H]2CCC3(S2)C(C(=O)NC(C)(C)CC(C)(C)C)N([C@@H](CO)Cc2ccccc2)C(=O)[C@H]13. The third-order valence-electron chi connectivity index (χ3n) is 8.19. The van der Waals surface area contributed by atoms with Gasteiger partial charge in [0.15, 0.2) is 0 Å². The first-order valence-electron chi connectivity index (χ1n) is 14.1. The van der Waals surface area contributed by atoms with Gasteiger partial charge in [0.2, 0.25) is 17.7 Å². The van der Waals surface area contributed by atoms with E-state index in [0.29, 0.717) is 19.4 Å². The molecule has 4 rings (SSSR count). The van der Waals surface area contributed by atoms with E-state index in [1.54, 1.807) is 16.7 Å². The van der Waals surface area contributed by atoms with Crippen LogP contribution in [0.1, 0.15) is 72.8 Å². The van der Waals surface area contributed by atoms with Crippen LogP contribution in [0, 0.1) is 17.3 Å². The zero-order valence-electron chi connectivity index (χ0n) is 23.8. The van der Waals surface area contributed by atoms with Crippen LogP contribution in [0.2, 0.25) is 0 Å². The van der Waals surface area contributed by atoms with Crippen LogP contribution >= 0.6 is 11.8 Å². The minimum atomic E-state index is -0.737. The zero-order valence-corrected chi connectivity index (χ0v) is 24.6. The van der Waals surface area contributed by atoms with Gasteiger partial charge in [0.1, 0.15) is 6.04 Å². The van der Waals surface area contributed by atoms with Crippen molar-refractivity contribution in [2.45, 2.75) is 101 Å². The van der Waals surface area contributed by atoms with Crippen LogP contribution in [-0.2, 0) is 20.8 Å². The molecular weight excluding hydrogens is 498 g/mol. The molecule has 2 bridgehead atoms. The monoisotopic (exact) mass is 543 g/mol. The topological polar surface area (TPSA) is 98.7 Å². The summed E-state index contributed by atoms with van der Waals surface area (Å²) < 4.78 is -0.665. The molecule has 3 heterocycles. The number of nitrogens with one attached hydrogen (secondary N) is 2. The lowest BCUT2D eigenvalue weighted by atomic mass is 9.70. The summed E-state index contributed by atoms with van der Waals surface area (Å²) >= 11 is 1.67. The lowest BCUT2D eigenvalue weighted by Gasteiger charge is -2.40. The molecule has 1 aromatic carbocycles. The number of carbonyl (C=O) groups excluding carboxylic acids is 3. The van der Waals surface area contributed by atoms with Crippen LogP contribution in [0.5, 0.6) is 0 Å². The lowest BCUT2D eigenvalue weighted by molar-refractivity contribution is -0.143. The predicted octanol–water partition coefficient (Wildman–Crippen LogP) is 3.54. The fourth-order valence-electron chi connectivity index (χ4n) is 7.36. The van der Waals surface area contributed by atoms with Crippen LogP contribution in [0.15, 0.2) is 30.3 Å². The van der Waals surface area contributed by atoms with Gasteiger partial charge in [-0.05, 0) is 56.9 Å². The Kier molecular flexibility index (Phi) is 8.25. The Morgan fingerprint density at radius 3 is 2.45 bits per heavy atom. The fourth-order valence-corrected chi connectivity index (χ4v) is 9.57. The van der Waals surface area contributed by atoms with Crippen LogP contribution < -0.4 is 10.6 Å². The van der Waals surface area contributed by atoms with E-state index in [1.807, 2.05) is 51.1 Å². The molecule has 38 heavy (non-hydrogen) atoms. The number of nitrogens with zero attached hydrogens (tertiary/aromatic N) is 1. The summed E-state index contributed by atoms with van der Waals surface area (Å²) in [5, 5.41) is 16.9. The molecule has 3 saturated heterocycles. The van der Waals surface area contributed by atoms with Gasteiger partial charge in [0, 0.05) is 17.3 Å². The maximum absolute atomic E-state index is 14.3. The van der Waals surface area contributed by atoms with Crippen molar-refractivity contribution < 1.29 is 19.5 Å². The second-order valence-electron chi connectivity index (χ2n) is 13.2. The standard InChI is InChI=1S/C30H45N3O4S/c1-7-15-31-25(35)22-21-13-14-30(38-21)23(22)27(37)33(20(17-34)16-19-11-9-8-10-12-19)24(30)26(36)32-29(5,6)18-28(2,3)4/h8-12,20-24,34H,7,13-18H2,1-6H3,(H,31,35)(H,32,36)/t20-,21+,22-,23+,24?,30?/m1/s1. The van der Waals surface area contributed by atoms with Crippen LogP contribution in [0.3, 0.4) is 0 Å². The summed E-state index contributed by atoms with van der Waals surface area (Å²) in [6.07, 6.45) is 3.57. The van der Waals surface area contributed by atoms with Crippen molar-refractivity contribution in [1.82, 2.24) is 15.5 Å². The third-order valence-corrected chi connectivity index (χ3v) is 10.1. The highest BCUT2D eigenvalue weighted by atomic mass is 32.2. The average molecular weight is 544 g/mol. The van der Waals surface area contributed by atoms with Crippen LogP contribution in [-0.4, -0.2) is 68.5 Å². The van der Waals surface area contributed by atoms with E-state index < -0.39 is 34.2 Å². The van der Waals surface area contributed by atoms with E-state index >= 15 is 0 Å². The minimum absolute atomic E-state index is 0.00670. The summed E-state index contributed by atoms with van der Waals surface area (Å²) in [4.78, 5) is 43.5. The Labute approximate surface area is 231 Å². The Bertz CT molecular complexity index is 1040. The number of aliphatic hydroxyl groups is 1. The number of fused-ring (bicyclic) bond motifs is 1. The summed E-state index contributed by atoms with van der Waals surface area (Å²) in [5.74, 6) is -1.44. The Balaban J connectivity index is 1.72. The molecule has 1 spiro atoms. The molecule has 2 unspecified atom stereocenters. The molecule has 0 aliphatic carbocycles. The summed E-state index contributed by atoms with van der Waals surface area (Å²) in [6, 6.07) is 8.48. The van der Waals surface area contributed by atoms with Gasteiger partial charge in [-0.2, -0.15) is 0 Å². The van der Waals surface area contributed by atoms with Crippen molar-refractivity contribution in [3.05, 3.63) is 35.9 Å². The van der Waals surface area contributed by atoms with Crippen molar-refractivity contribution in [3.63, 3.8) is 0 Å².